The van der Waals surface area contributed by atoms with Gasteiger partial charge in [-0.05, 0) is 37.0 Å². The van der Waals surface area contributed by atoms with Crippen LogP contribution in [0.1, 0.15) is 24.8 Å². The van der Waals surface area contributed by atoms with Gasteiger partial charge in [-0.2, -0.15) is 0 Å². The lowest BCUT2D eigenvalue weighted by Gasteiger charge is -2.30. The first-order valence-corrected chi connectivity index (χ1v) is 12.4. The van der Waals surface area contributed by atoms with Gasteiger partial charge in [-0.25, -0.2) is 9.59 Å². The highest BCUT2D eigenvalue weighted by atomic mass is 16.6. The van der Waals surface area contributed by atoms with Crippen molar-refractivity contribution in [2.24, 2.45) is 0 Å². The summed E-state index contributed by atoms with van der Waals surface area (Å²) in [6.07, 6.45) is 2.57. The molecule has 2 fully saturated rings. The topological polar surface area (TPSA) is 116 Å². The molecule has 11 nitrogen and oxygen atoms in total. The molecule has 0 aromatic heterocycles. The molecule has 0 aliphatic carbocycles. The van der Waals surface area contributed by atoms with E-state index >= 15 is 0 Å². The highest BCUT2D eigenvalue weighted by molar-refractivity contribution is 6.05. The Balaban J connectivity index is 1.12. The Kier molecular flexibility index (Phi) is 11.9. The molecule has 0 atom stereocenters. The van der Waals surface area contributed by atoms with Gasteiger partial charge in [0.05, 0.1) is 59.5 Å². The van der Waals surface area contributed by atoms with Crippen molar-refractivity contribution in [2.45, 2.75) is 31.8 Å². The largest absolute Gasteiger partial charge is 0.453 e. The Hall–Kier alpha value is -2.73. The van der Waals surface area contributed by atoms with Crippen LogP contribution in [-0.2, 0) is 34.9 Å². The van der Waals surface area contributed by atoms with E-state index < -0.39 is 0 Å². The number of ether oxygens (including phenoxy) is 5. The van der Waals surface area contributed by atoms with Gasteiger partial charge in [0.2, 0.25) is 5.91 Å². The fourth-order valence-corrected chi connectivity index (χ4v) is 3.99. The summed E-state index contributed by atoms with van der Waals surface area (Å²) in [4.78, 5) is 37.9. The Morgan fingerprint density at radius 1 is 0.889 bits per heavy atom. The van der Waals surface area contributed by atoms with Crippen molar-refractivity contribution < 1.29 is 38.1 Å². The van der Waals surface area contributed by atoms with Crippen molar-refractivity contribution in [1.29, 1.82) is 0 Å². The number of benzene rings is 1. The summed E-state index contributed by atoms with van der Waals surface area (Å²) < 4.78 is 27.2. The second-order valence-electron chi connectivity index (χ2n) is 8.54. The van der Waals surface area contributed by atoms with Crippen LogP contribution >= 0.6 is 0 Å². The molecular formula is C25H37N3O8. The molecule has 1 N–H and O–H groups in total. The summed E-state index contributed by atoms with van der Waals surface area (Å²) in [5.41, 5.74) is 1.88. The Labute approximate surface area is 211 Å². The quantitative estimate of drug-likeness (QED) is 0.380. The lowest BCUT2D eigenvalue weighted by atomic mass is 10.1. The Morgan fingerprint density at radius 2 is 1.50 bits per heavy atom. The second kappa shape index (κ2) is 15.4. The number of likely N-dealkylation sites (tertiary alicyclic amines) is 1. The zero-order valence-corrected chi connectivity index (χ0v) is 20.9. The molecule has 11 heteroatoms. The first-order valence-electron chi connectivity index (χ1n) is 12.4. The molecule has 2 aliphatic heterocycles. The fraction of sp³-hybridized carbons (Fsp3) is 0.640. The van der Waals surface area contributed by atoms with Crippen LogP contribution in [0.15, 0.2) is 24.3 Å². The maximum Gasteiger partial charge on any atom is 0.409 e. The molecule has 1 aromatic rings. The van der Waals surface area contributed by atoms with Crippen molar-refractivity contribution >= 4 is 23.7 Å². The van der Waals surface area contributed by atoms with E-state index in [1.807, 2.05) is 24.3 Å². The highest BCUT2D eigenvalue weighted by Crippen LogP contribution is 2.18. The van der Waals surface area contributed by atoms with E-state index in [-0.39, 0.29) is 24.1 Å². The number of amides is 4. The van der Waals surface area contributed by atoms with Crippen LogP contribution in [0.3, 0.4) is 0 Å². The first-order chi connectivity index (χ1) is 17.6. The molecule has 0 spiro atoms. The van der Waals surface area contributed by atoms with Gasteiger partial charge in [0.25, 0.3) is 0 Å². The first kappa shape index (κ1) is 27.9. The molecule has 36 heavy (non-hydrogen) atoms. The number of hydrogen-bond donors (Lipinski definition) is 1. The summed E-state index contributed by atoms with van der Waals surface area (Å²) in [6.45, 7) is 5.32. The predicted octanol–water partition coefficient (Wildman–Crippen LogP) is 1.97. The van der Waals surface area contributed by atoms with Crippen molar-refractivity contribution in [1.82, 2.24) is 10.2 Å². The van der Waals surface area contributed by atoms with Crippen LogP contribution in [0.2, 0.25) is 0 Å². The van der Waals surface area contributed by atoms with E-state index in [0.29, 0.717) is 72.3 Å². The second-order valence-corrected chi connectivity index (χ2v) is 8.54. The SMILES string of the molecule is COC(=O)N1CCC(OCCOCCOCCOCCc2ccc(N3CCC(=O)NC3=O)cc2)CC1. The fourth-order valence-electron chi connectivity index (χ4n) is 3.99. The third kappa shape index (κ3) is 9.38. The van der Waals surface area contributed by atoms with E-state index in [9.17, 15) is 14.4 Å². The summed E-state index contributed by atoms with van der Waals surface area (Å²) in [5.74, 6) is -0.238. The van der Waals surface area contributed by atoms with E-state index in [0.717, 1.165) is 30.5 Å². The third-order valence-electron chi connectivity index (χ3n) is 6.04. The third-order valence-corrected chi connectivity index (χ3v) is 6.04. The molecule has 4 amide bonds. The van der Waals surface area contributed by atoms with Crippen LogP contribution in [0.25, 0.3) is 0 Å². The van der Waals surface area contributed by atoms with Crippen LogP contribution in [0.5, 0.6) is 0 Å². The minimum Gasteiger partial charge on any atom is -0.453 e. The number of rotatable bonds is 14. The van der Waals surface area contributed by atoms with Gasteiger partial charge >= 0.3 is 12.1 Å². The van der Waals surface area contributed by atoms with Gasteiger partial charge in [-0.3, -0.25) is 15.0 Å². The number of nitrogens with one attached hydrogen (secondary N) is 1. The Morgan fingerprint density at radius 3 is 2.11 bits per heavy atom. The van der Waals surface area contributed by atoms with Crippen LogP contribution in [0, 0.1) is 0 Å². The number of methoxy groups -OCH3 is 1. The van der Waals surface area contributed by atoms with Crippen LogP contribution in [-0.4, -0.2) is 102 Å². The number of urea groups is 1. The number of carbonyl (C=O) groups is 3. The van der Waals surface area contributed by atoms with E-state index in [2.05, 4.69) is 5.32 Å². The van der Waals surface area contributed by atoms with Gasteiger partial charge in [-0.15, -0.1) is 0 Å². The molecule has 200 valence electrons. The standard InChI is InChI=1S/C25H37N3O8/c1-32-25(31)27-10-6-22(7-11-27)36-19-18-35-17-16-34-15-14-33-13-9-20-2-4-21(5-3-20)28-12-8-23(29)26-24(28)30/h2-5,22H,6-19H2,1H3,(H,26,29,30). The monoisotopic (exact) mass is 507 g/mol. The zero-order valence-electron chi connectivity index (χ0n) is 20.9. The highest BCUT2D eigenvalue weighted by Gasteiger charge is 2.24. The van der Waals surface area contributed by atoms with Gasteiger partial charge in [0.1, 0.15) is 0 Å². The van der Waals surface area contributed by atoms with Gasteiger partial charge in [0.15, 0.2) is 0 Å². The molecule has 0 radical (unpaired) electrons. The molecule has 2 saturated heterocycles. The summed E-state index contributed by atoms with van der Waals surface area (Å²) in [5, 5.41) is 2.33. The van der Waals surface area contributed by atoms with Crippen molar-refractivity contribution in [3.8, 4) is 0 Å². The molecular weight excluding hydrogens is 470 g/mol. The molecule has 0 saturated carbocycles. The average molecular weight is 508 g/mol. The smallest absolute Gasteiger partial charge is 0.409 e. The molecule has 2 aliphatic rings. The number of carbonyl (C=O) groups excluding carboxylic acids is 3. The predicted molar refractivity (Wildman–Crippen MR) is 131 cm³/mol. The molecule has 1 aromatic carbocycles. The summed E-state index contributed by atoms with van der Waals surface area (Å²) >= 11 is 0. The van der Waals surface area contributed by atoms with Gasteiger partial charge in [0, 0.05) is 31.7 Å². The van der Waals surface area contributed by atoms with Crippen molar-refractivity contribution in [3.63, 3.8) is 0 Å². The average Bonchev–Trinajstić information content (AvgIpc) is 2.89. The maximum atomic E-state index is 11.9. The minimum atomic E-state index is -0.379. The van der Waals surface area contributed by atoms with Crippen molar-refractivity contribution in [3.05, 3.63) is 29.8 Å². The summed E-state index contributed by atoms with van der Waals surface area (Å²) in [7, 11) is 1.40. The number of hydrogen-bond acceptors (Lipinski definition) is 8. The molecule has 0 bridgehead atoms. The maximum absolute atomic E-state index is 11.9. The normalized spacial score (nSPS) is 16.8. The Bertz CT molecular complexity index is 827. The number of piperidine rings is 1. The van der Waals surface area contributed by atoms with Crippen LogP contribution < -0.4 is 10.2 Å². The van der Waals surface area contributed by atoms with Gasteiger partial charge < -0.3 is 28.6 Å². The van der Waals surface area contributed by atoms with E-state index in [4.69, 9.17) is 23.7 Å². The summed E-state index contributed by atoms with van der Waals surface area (Å²) in [6, 6.07) is 7.31. The molecule has 2 heterocycles. The number of imide groups is 1. The van der Waals surface area contributed by atoms with E-state index in [1.54, 1.807) is 9.80 Å². The number of nitrogens with zero attached hydrogens (tertiary/aromatic N) is 2. The molecule has 0 unspecified atom stereocenters. The van der Waals surface area contributed by atoms with E-state index in [1.165, 1.54) is 7.11 Å². The van der Waals surface area contributed by atoms with Crippen molar-refractivity contribution in [2.75, 3.05) is 77.9 Å². The minimum absolute atomic E-state index is 0.156. The van der Waals surface area contributed by atoms with Crippen LogP contribution in [0.4, 0.5) is 15.3 Å². The lowest BCUT2D eigenvalue weighted by Crippen LogP contribution is -2.49. The molecule has 3 rings (SSSR count). The zero-order chi connectivity index (χ0) is 25.6. The van der Waals surface area contributed by atoms with Gasteiger partial charge in [-0.1, -0.05) is 12.1 Å². The number of anilines is 1. The lowest BCUT2D eigenvalue weighted by molar-refractivity contribution is -0.120.